The van der Waals surface area contributed by atoms with Crippen molar-refractivity contribution in [2.45, 2.75) is 38.5 Å². The summed E-state index contributed by atoms with van der Waals surface area (Å²) in [5.74, 6) is 0. The highest BCUT2D eigenvalue weighted by Gasteiger charge is 2.47. The van der Waals surface area contributed by atoms with Crippen molar-refractivity contribution in [2.75, 3.05) is 4.90 Å². The van der Waals surface area contributed by atoms with Crippen molar-refractivity contribution in [1.29, 1.82) is 0 Å². The summed E-state index contributed by atoms with van der Waals surface area (Å²) in [4.78, 5) is 2.83. The van der Waals surface area contributed by atoms with Crippen molar-refractivity contribution in [3.63, 3.8) is 0 Å². The van der Waals surface area contributed by atoms with Crippen LogP contribution in [0.2, 0.25) is 0 Å². The summed E-state index contributed by atoms with van der Waals surface area (Å²) in [7, 11) is 0. The van der Waals surface area contributed by atoms with E-state index in [1.807, 2.05) is 0 Å². The van der Waals surface area contributed by atoms with E-state index in [9.17, 15) is 0 Å². The summed E-state index contributed by atoms with van der Waals surface area (Å²) in [5, 5.41) is 10.1. The minimum Gasteiger partial charge on any atom is -0.455 e. The third-order valence-electron chi connectivity index (χ3n) is 17.4. The van der Waals surface area contributed by atoms with Crippen LogP contribution in [0.25, 0.3) is 115 Å². The van der Waals surface area contributed by atoms with Gasteiger partial charge >= 0.3 is 6.85 Å². The number of aryl methyl sites for hydroxylation is 2. The first-order chi connectivity index (χ1) is 35.2. The number of anilines is 3. The van der Waals surface area contributed by atoms with Crippen LogP contribution in [0.4, 0.5) is 17.1 Å². The summed E-state index contributed by atoms with van der Waals surface area (Å²) in [6, 6.07) is 69.0. The van der Waals surface area contributed by atoms with Crippen molar-refractivity contribution in [2.24, 2.45) is 0 Å². The maximum atomic E-state index is 7.34. The summed E-state index contributed by atoms with van der Waals surface area (Å²) >= 11 is 0. The minimum absolute atomic E-state index is 0.177. The first kappa shape index (κ1) is 37.4. The van der Waals surface area contributed by atoms with Gasteiger partial charge in [-0.2, -0.15) is 0 Å². The van der Waals surface area contributed by atoms with Crippen LogP contribution in [0.3, 0.4) is 0 Å². The zero-order chi connectivity index (χ0) is 45.8. The van der Waals surface area contributed by atoms with E-state index in [0.717, 1.165) is 42.2 Å². The molecule has 5 heteroatoms. The van der Waals surface area contributed by atoms with Crippen molar-refractivity contribution in [1.82, 2.24) is 8.88 Å². The molecule has 6 heterocycles. The predicted octanol–water partition coefficient (Wildman–Crippen LogP) is 15.6. The van der Waals surface area contributed by atoms with Gasteiger partial charge in [-0.1, -0.05) is 127 Å². The second-order valence-electron chi connectivity index (χ2n) is 20.8. The number of furan rings is 1. The first-order valence-corrected chi connectivity index (χ1v) is 25.6. The second-order valence-corrected chi connectivity index (χ2v) is 20.8. The van der Waals surface area contributed by atoms with Crippen LogP contribution in [0.5, 0.6) is 0 Å². The fourth-order valence-electron chi connectivity index (χ4n) is 14.7. The van der Waals surface area contributed by atoms with Crippen LogP contribution in [0.1, 0.15) is 35.1 Å². The van der Waals surface area contributed by atoms with Gasteiger partial charge in [0.15, 0.2) is 0 Å². The topological polar surface area (TPSA) is 25.7 Å². The van der Waals surface area contributed by atoms with E-state index in [1.165, 1.54) is 139 Å². The Morgan fingerprint density at radius 2 is 1.04 bits per heavy atom. The largest absolute Gasteiger partial charge is 0.455 e. The van der Waals surface area contributed by atoms with Crippen LogP contribution in [-0.2, 0) is 25.7 Å². The van der Waals surface area contributed by atoms with E-state index in [2.05, 4.69) is 196 Å². The molecule has 4 aliphatic rings. The Morgan fingerprint density at radius 3 is 1.82 bits per heavy atom. The van der Waals surface area contributed by atoms with Gasteiger partial charge in [-0.25, -0.2) is 0 Å². The highest BCUT2D eigenvalue weighted by atomic mass is 16.3. The summed E-state index contributed by atoms with van der Waals surface area (Å²) in [6.45, 7) is -0.177. The zero-order valence-electron chi connectivity index (χ0n) is 38.9. The third-order valence-corrected chi connectivity index (χ3v) is 17.4. The molecule has 0 unspecified atom stereocenters. The maximum absolute atomic E-state index is 7.34. The molecule has 0 atom stereocenters. The molecule has 0 N–H and O–H groups in total. The number of nitrogens with zero attached hydrogens (tertiary/aromatic N) is 3. The van der Waals surface area contributed by atoms with E-state index in [0.29, 0.717) is 0 Å². The molecule has 0 radical (unpaired) electrons. The maximum Gasteiger partial charge on any atom is 0.333 e. The first-order valence-electron chi connectivity index (χ1n) is 25.6. The highest BCUT2D eigenvalue weighted by molar-refractivity contribution is 6.92. The molecule has 14 aromatic rings. The lowest BCUT2D eigenvalue weighted by Crippen LogP contribution is -2.57. The minimum atomic E-state index is -0.177. The Kier molecular flexibility index (Phi) is 6.95. The molecule has 18 rings (SSSR count). The van der Waals surface area contributed by atoms with E-state index < -0.39 is 0 Å². The van der Waals surface area contributed by atoms with Crippen LogP contribution in [-0.4, -0.2) is 15.7 Å². The van der Waals surface area contributed by atoms with Gasteiger partial charge in [-0.05, 0) is 149 Å². The van der Waals surface area contributed by atoms with E-state index in [-0.39, 0.29) is 6.85 Å². The summed E-state index contributed by atoms with van der Waals surface area (Å²) in [6.07, 6.45) is 6.86. The molecule has 4 nitrogen and oxygen atoms in total. The molecular formula is C66H42BN3O. The molecule has 4 aromatic heterocycles. The monoisotopic (exact) mass is 903 g/mol. The molecule has 330 valence electrons. The lowest BCUT2D eigenvalue weighted by molar-refractivity contribution is 0.670. The van der Waals surface area contributed by atoms with Gasteiger partial charge in [0, 0.05) is 76.6 Å². The van der Waals surface area contributed by atoms with Gasteiger partial charge in [-0.15, -0.1) is 0 Å². The number of aromatic nitrogens is 2. The van der Waals surface area contributed by atoms with Crippen molar-refractivity contribution < 1.29 is 4.42 Å². The molecule has 2 aliphatic carbocycles. The Hall–Kier alpha value is -8.54. The van der Waals surface area contributed by atoms with Gasteiger partial charge in [0.25, 0.3) is 0 Å². The smallest absolute Gasteiger partial charge is 0.333 e. The van der Waals surface area contributed by atoms with E-state index >= 15 is 0 Å². The normalized spacial score (nSPS) is 14.6. The fraction of sp³-hybridized carbons (Fsp3) is 0.0909. The average Bonchev–Trinajstić information content (AvgIpc) is 4.33. The molecule has 71 heavy (non-hydrogen) atoms. The quantitative estimate of drug-likeness (QED) is 0.165. The van der Waals surface area contributed by atoms with E-state index in [1.54, 1.807) is 22.3 Å². The van der Waals surface area contributed by atoms with Crippen molar-refractivity contribution in [3.05, 3.63) is 204 Å². The standard InChI is InChI=1S/C66H42BN3O/c1-3-15-37(16-4-1)39-29-30-55-48(32-39)49-33-42(38-17-5-2-6-18-38)34-52-60-62-57(36-51-46-22-9-12-28-58(46)71-66(51)60)69(63-43-24-13-19-40(43)31-41-20-14-25-44(41)63)56-35-50-45-21-7-10-26-53(45)68-54-27-11-8-23-47(54)59(65(50)68)61(56)67(62)70(55)64(49)52/h1-12,15-18,21-23,26-36H,13-14,19-20,24-25H2. The molecule has 0 fully saturated rings. The number of fused-ring (bicyclic) bond motifs is 20. The number of para-hydroxylation sites is 3. The molecule has 0 bridgehead atoms. The Morgan fingerprint density at radius 1 is 0.423 bits per heavy atom. The van der Waals surface area contributed by atoms with Crippen LogP contribution in [0.15, 0.2) is 186 Å². The number of rotatable bonds is 3. The fourth-order valence-corrected chi connectivity index (χ4v) is 14.7. The Balaban J connectivity index is 1.11. The van der Waals surface area contributed by atoms with Gasteiger partial charge in [0.1, 0.15) is 11.2 Å². The zero-order valence-corrected chi connectivity index (χ0v) is 38.9. The number of benzene rings is 10. The molecule has 0 saturated carbocycles. The highest BCUT2D eigenvalue weighted by Crippen LogP contribution is 2.55. The molecular weight excluding hydrogens is 862 g/mol. The molecule has 10 aromatic carbocycles. The molecule has 2 aliphatic heterocycles. The summed E-state index contributed by atoms with van der Waals surface area (Å²) < 4.78 is 12.7. The second kappa shape index (κ2) is 13.2. The van der Waals surface area contributed by atoms with Crippen molar-refractivity contribution in [3.8, 4) is 33.4 Å². The number of hydrogen-bond donors (Lipinski definition) is 0. The van der Waals surface area contributed by atoms with Crippen LogP contribution >= 0.6 is 0 Å². The predicted molar refractivity (Wildman–Crippen MR) is 297 cm³/mol. The molecule has 0 amide bonds. The summed E-state index contributed by atoms with van der Waals surface area (Å²) in [5.41, 5.74) is 28.5. The lowest BCUT2D eigenvalue weighted by Gasteiger charge is -2.42. The van der Waals surface area contributed by atoms with E-state index in [4.69, 9.17) is 4.42 Å². The van der Waals surface area contributed by atoms with Gasteiger partial charge in [0.05, 0.1) is 22.2 Å². The van der Waals surface area contributed by atoms with Gasteiger partial charge < -0.3 is 18.2 Å². The number of hydrogen-bond acceptors (Lipinski definition) is 2. The van der Waals surface area contributed by atoms with Crippen LogP contribution in [0, 0.1) is 0 Å². The average molecular weight is 904 g/mol. The Bertz CT molecular complexity index is 4680. The lowest BCUT2D eigenvalue weighted by atomic mass is 9.44. The molecule has 0 saturated heterocycles. The molecule has 0 spiro atoms. The van der Waals surface area contributed by atoms with Gasteiger partial charge in [0.2, 0.25) is 0 Å². The van der Waals surface area contributed by atoms with Crippen molar-refractivity contribution >= 4 is 117 Å². The third kappa shape index (κ3) is 4.60. The Labute approximate surface area is 409 Å². The SMILES string of the molecule is c1ccc(-c2ccc3c(c2)c2cc(-c4ccccc4)cc4c2n3B2c3c(cc5c(oc6ccccc65)c3-4)N(c3c4c(cc5c3CCC5)CCC4)c3cc4c5ccccc5n5c6ccccc6c(c32)c45)cc1. The van der Waals surface area contributed by atoms with Crippen LogP contribution < -0.4 is 15.8 Å². The van der Waals surface area contributed by atoms with Gasteiger partial charge in [-0.3, -0.25) is 0 Å².